The van der Waals surface area contributed by atoms with Crippen molar-refractivity contribution in [3.05, 3.63) is 47.3 Å². The van der Waals surface area contributed by atoms with E-state index in [4.69, 9.17) is 9.47 Å². The van der Waals surface area contributed by atoms with Crippen LogP contribution in [0.1, 0.15) is 81.8 Å². The number of allylic oxidation sites excluding steroid dienone is 1. The van der Waals surface area contributed by atoms with Crippen molar-refractivity contribution in [3.8, 4) is 0 Å². The molecule has 0 spiro atoms. The van der Waals surface area contributed by atoms with Gasteiger partial charge in [-0.3, -0.25) is 14.5 Å². The first kappa shape index (κ1) is 34.2. The van der Waals surface area contributed by atoms with Gasteiger partial charge in [0, 0.05) is 24.4 Å². The third kappa shape index (κ3) is 6.92. The fraction of sp³-hybridized carbons (Fsp3) is 0.588. The predicted octanol–water partition coefficient (Wildman–Crippen LogP) is 4.16. The van der Waals surface area contributed by atoms with E-state index in [0.717, 1.165) is 17.7 Å². The van der Waals surface area contributed by atoms with Crippen molar-refractivity contribution in [1.29, 1.82) is 0 Å². The minimum atomic E-state index is -2.06. The molecule has 0 bridgehead atoms. The highest BCUT2D eigenvalue weighted by Gasteiger charge is 2.68. The molecule has 3 N–H and O–H groups in total. The molecular weight excluding hydrogens is 643 g/mol. The topological polar surface area (TPSA) is 183 Å². The summed E-state index contributed by atoms with van der Waals surface area (Å²) >= 11 is 0. The molecule has 5 amide bonds. The number of amides is 5. The maximum absolute atomic E-state index is 14.4. The van der Waals surface area contributed by atoms with Crippen LogP contribution in [0.2, 0.25) is 0 Å². The van der Waals surface area contributed by atoms with E-state index in [2.05, 4.69) is 5.32 Å². The average Bonchev–Trinajstić information content (AvgIpc) is 3.46. The van der Waals surface area contributed by atoms with E-state index < -0.39 is 71.5 Å². The molecule has 3 heterocycles. The first-order valence-electron chi connectivity index (χ1n) is 17.0. The van der Waals surface area contributed by atoms with Gasteiger partial charge in [0.1, 0.15) is 30.1 Å². The number of hydrogen-bond acceptors (Lipinski definition) is 8. The molecule has 0 unspecified atom stereocenters. The monoisotopic (exact) mass is 684 g/mol. The molecule has 1 saturated heterocycles. The molecule has 49 heavy (non-hydrogen) atoms. The van der Waals surface area contributed by atoms with Gasteiger partial charge in [-0.25, -0.2) is 28.5 Å². The average molecular weight is 685 g/mol. The van der Waals surface area contributed by atoms with Crippen molar-refractivity contribution in [2.75, 3.05) is 6.54 Å². The third-order valence-electron chi connectivity index (χ3n) is 10.3. The van der Waals surface area contributed by atoms with Crippen molar-refractivity contribution in [2.24, 2.45) is 5.92 Å². The number of nitrogens with one attached hydrogen (secondary N) is 1. The van der Waals surface area contributed by atoms with Crippen LogP contribution in [0.5, 0.6) is 0 Å². The number of nitrogens with zero attached hydrogens (tertiary/aromatic N) is 3. The number of carbonyl (C=O) groups is 6. The minimum absolute atomic E-state index is 0.0451. The molecule has 6 rings (SSSR count). The number of halogens is 1. The van der Waals surface area contributed by atoms with Crippen LogP contribution < -0.4 is 5.32 Å². The number of carbonyl (C=O) groups excluding carboxylic acids is 4. The van der Waals surface area contributed by atoms with Crippen LogP contribution in [0.4, 0.5) is 18.8 Å². The van der Waals surface area contributed by atoms with Gasteiger partial charge in [-0.05, 0) is 63.0 Å². The molecule has 3 aliphatic heterocycles. The summed E-state index contributed by atoms with van der Waals surface area (Å²) in [6.45, 7) is -0.277. The molecule has 0 radical (unpaired) electrons. The smallest absolute Gasteiger partial charge is 0.415 e. The first-order valence-corrected chi connectivity index (χ1v) is 17.0. The lowest BCUT2D eigenvalue weighted by Gasteiger charge is -2.33. The normalized spacial score (nSPS) is 29.0. The number of fused-ring (bicyclic) bond motifs is 3. The van der Waals surface area contributed by atoms with Crippen molar-refractivity contribution < 1.29 is 52.8 Å². The largest absolute Gasteiger partial charge is 0.479 e. The molecule has 5 aliphatic rings. The van der Waals surface area contributed by atoms with E-state index in [-0.39, 0.29) is 45.0 Å². The van der Waals surface area contributed by atoms with Gasteiger partial charge in [0.05, 0.1) is 13.1 Å². The fourth-order valence-corrected chi connectivity index (χ4v) is 7.64. The second-order valence-corrected chi connectivity index (χ2v) is 13.6. The van der Waals surface area contributed by atoms with Crippen LogP contribution in [0.3, 0.4) is 0 Å². The lowest BCUT2D eigenvalue weighted by Crippen LogP contribution is -2.59. The van der Waals surface area contributed by atoms with Crippen LogP contribution in [-0.2, 0) is 36.9 Å². The molecule has 1 aromatic rings. The summed E-state index contributed by atoms with van der Waals surface area (Å²) in [5.74, 6) is -4.56. The van der Waals surface area contributed by atoms with Crippen molar-refractivity contribution in [1.82, 2.24) is 20.0 Å². The van der Waals surface area contributed by atoms with Crippen LogP contribution in [0, 0.1) is 11.7 Å². The predicted molar refractivity (Wildman–Crippen MR) is 167 cm³/mol. The molecule has 2 aliphatic carbocycles. The zero-order valence-corrected chi connectivity index (χ0v) is 27.1. The highest BCUT2D eigenvalue weighted by Crippen LogP contribution is 2.51. The van der Waals surface area contributed by atoms with Crippen molar-refractivity contribution >= 4 is 36.1 Å². The van der Waals surface area contributed by atoms with E-state index in [9.17, 15) is 43.4 Å². The summed E-state index contributed by atoms with van der Waals surface area (Å²) in [5.41, 5.74) is -1.09. The molecule has 15 heteroatoms. The zero-order chi connectivity index (χ0) is 34.9. The molecule has 264 valence electrons. The lowest BCUT2D eigenvalue weighted by atomic mass is 10.0. The Morgan fingerprint density at radius 1 is 0.918 bits per heavy atom. The fourth-order valence-electron chi connectivity index (χ4n) is 7.64. The third-order valence-corrected chi connectivity index (χ3v) is 10.3. The van der Waals surface area contributed by atoms with E-state index in [1.807, 2.05) is 0 Å². The van der Waals surface area contributed by atoms with Gasteiger partial charge in [-0.2, -0.15) is 0 Å². The number of carboxylic acids is 1. The van der Waals surface area contributed by atoms with Crippen molar-refractivity contribution in [3.63, 3.8) is 0 Å². The van der Waals surface area contributed by atoms with Gasteiger partial charge in [0.25, 0.3) is 5.91 Å². The van der Waals surface area contributed by atoms with Crippen LogP contribution in [0.15, 0.2) is 30.4 Å². The van der Waals surface area contributed by atoms with Gasteiger partial charge in [0.15, 0.2) is 5.54 Å². The molecular formula is C34H41FN4O10. The number of carboxylic acid groups (broad SMARTS) is 2. The Morgan fingerprint density at radius 2 is 1.67 bits per heavy atom. The zero-order valence-electron chi connectivity index (χ0n) is 27.1. The maximum atomic E-state index is 14.4. The number of alkyl carbamates (subject to hydrolysis) is 1. The van der Waals surface area contributed by atoms with Gasteiger partial charge in [-0.1, -0.05) is 37.1 Å². The molecule has 1 aromatic carbocycles. The minimum Gasteiger partial charge on any atom is -0.479 e. The highest BCUT2D eigenvalue weighted by atomic mass is 19.1. The van der Waals surface area contributed by atoms with Crippen LogP contribution in [0.25, 0.3) is 0 Å². The van der Waals surface area contributed by atoms with Crippen LogP contribution in [-0.4, -0.2) is 97.4 Å². The van der Waals surface area contributed by atoms with Gasteiger partial charge in [0.2, 0.25) is 5.91 Å². The second kappa shape index (κ2) is 14.0. The quantitative estimate of drug-likeness (QED) is 0.390. The highest BCUT2D eigenvalue weighted by molar-refractivity contribution is 6.04. The van der Waals surface area contributed by atoms with E-state index in [1.165, 1.54) is 17.0 Å². The Balaban J connectivity index is 1.27. The van der Waals surface area contributed by atoms with Gasteiger partial charge >= 0.3 is 24.2 Å². The Morgan fingerprint density at radius 3 is 2.39 bits per heavy atom. The maximum Gasteiger partial charge on any atom is 0.415 e. The summed E-state index contributed by atoms with van der Waals surface area (Å²) in [4.78, 5) is 82.5. The van der Waals surface area contributed by atoms with Crippen molar-refractivity contribution in [2.45, 2.75) is 114 Å². The number of aliphatic carboxylic acids is 1. The molecule has 3 fully saturated rings. The van der Waals surface area contributed by atoms with E-state index in [0.29, 0.717) is 54.6 Å². The number of ether oxygens (including phenoxy) is 2. The standard InChI is InChI=1S/C34H41FN4O10/c35-25-13-8-9-20-17-37(19-24(20)25)33(47)49-23-15-27-29(41)39(32(45)46)34(30(42)43)16-21(34)10-4-2-1-3-5-14-26(28(40)38(27)18-23)36-31(44)48-22-11-6-7-12-22/h4,8-10,13,21-23,26-27H,1-3,5-7,11-12,14-19H2,(H,36,44)(H,42,43)(H,45,46)/t21-,23-,26+,27+,34-/m1/s1. The van der Waals surface area contributed by atoms with Crippen LogP contribution >= 0.6 is 0 Å². The number of rotatable bonds is 4. The molecule has 5 atom stereocenters. The second-order valence-electron chi connectivity index (χ2n) is 13.6. The number of benzene rings is 1. The number of hydrogen-bond donors (Lipinski definition) is 3. The van der Waals surface area contributed by atoms with Gasteiger partial charge in [-0.15, -0.1) is 0 Å². The summed E-state index contributed by atoms with van der Waals surface area (Å²) in [7, 11) is 0. The Hall–Kier alpha value is -4.69. The van der Waals surface area contributed by atoms with E-state index >= 15 is 0 Å². The number of imide groups is 1. The Bertz CT molecular complexity index is 1550. The van der Waals surface area contributed by atoms with Gasteiger partial charge < -0.3 is 29.9 Å². The first-order chi connectivity index (χ1) is 23.5. The molecule has 2 saturated carbocycles. The van der Waals surface area contributed by atoms with E-state index in [1.54, 1.807) is 18.2 Å². The SMILES string of the molecule is O=C(N[C@H]1CCCCCC=C[C@@H]2C[C@@]2(C(=O)O)N(C(=O)O)C(=O)[C@@H]2C[C@@H](OC(=O)N3Cc4cccc(F)c4C3)CN2C1=O)OC1CCCC1. The molecule has 14 nitrogen and oxygen atoms in total. The lowest BCUT2D eigenvalue weighted by molar-refractivity contribution is -0.154. The summed E-state index contributed by atoms with van der Waals surface area (Å²) in [5, 5.41) is 23.1. The summed E-state index contributed by atoms with van der Waals surface area (Å²) < 4.78 is 25.6. The Labute approximate surface area is 282 Å². The molecule has 0 aromatic heterocycles. The summed E-state index contributed by atoms with van der Waals surface area (Å²) in [6.07, 6.45) is 4.18. The Kier molecular flexibility index (Phi) is 9.79. The summed E-state index contributed by atoms with van der Waals surface area (Å²) in [6, 6.07) is 1.86.